The van der Waals surface area contributed by atoms with Gasteiger partial charge >= 0.3 is 0 Å². The highest BCUT2D eigenvalue weighted by Gasteiger charge is 2.47. The molecule has 3 heterocycles. The lowest BCUT2D eigenvalue weighted by molar-refractivity contribution is -0.307. The number of ether oxygens (including phenoxy) is 5. The summed E-state index contributed by atoms with van der Waals surface area (Å²) >= 11 is 0. The first kappa shape index (κ1) is 30.7. The smallest absolute Gasteiger partial charge is 0.239 e. The van der Waals surface area contributed by atoms with Crippen LogP contribution in [0.1, 0.15) is 0 Å². The number of hydrogen-bond acceptors (Lipinski definition) is 16. The normalized spacial score (nSPS) is 31.2. The van der Waals surface area contributed by atoms with Gasteiger partial charge in [0.2, 0.25) is 17.5 Å². The van der Waals surface area contributed by atoms with E-state index in [1.165, 1.54) is 25.3 Å². The van der Waals surface area contributed by atoms with Gasteiger partial charge in [-0.2, -0.15) is 0 Å². The van der Waals surface area contributed by atoms with Gasteiger partial charge in [-0.15, -0.1) is 0 Å². The molecular formula is C27H30O16. The molecule has 0 amide bonds. The summed E-state index contributed by atoms with van der Waals surface area (Å²) in [6.07, 6.45) is -14.9. The van der Waals surface area contributed by atoms with Crippen LogP contribution in [0.5, 0.6) is 28.7 Å². The standard InChI is InChI=1S/C27H30O16/c1-38-14-4-9(2-3-11(14)29)24-25(20(34)17-12(30)5-10(28)6-15(17)41-24)43-27-23(37)21(35)19(33)16(42-27)8-40-26-22(36)18(32)13(31)7-39-26/h2-6,13,16,18-19,21-23,26-33,35-37H,7-8H2,1H3/t13-,16-,18+,19-,21+,22-,23-,26?,27+/m1/s1. The van der Waals surface area contributed by atoms with Crippen LogP contribution >= 0.6 is 0 Å². The van der Waals surface area contributed by atoms with E-state index in [9.17, 15) is 50.8 Å². The predicted molar refractivity (Wildman–Crippen MR) is 140 cm³/mol. The number of rotatable bonds is 7. The molecule has 9 atom stereocenters. The second kappa shape index (κ2) is 12.1. The third kappa shape index (κ3) is 5.79. The highest BCUT2D eigenvalue weighted by atomic mass is 16.7. The van der Waals surface area contributed by atoms with Crippen molar-refractivity contribution in [1.82, 2.24) is 0 Å². The zero-order valence-electron chi connectivity index (χ0n) is 22.4. The highest BCUT2D eigenvalue weighted by Crippen LogP contribution is 2.39. The molecule has 0 saturated carbocycles. The maximum absolute atomic E-state index is 13.6. The zero-order chi connectivity index (χ0) is 31.2. The van der Waals surface area contributed by atoms with E-state index in [0.717, 1.165) is 12.1 Å². The quantitative estimate of drug-likeness (QED) is 0.143. The first-order valence-corrected chi connectivity index (χ1v) is 12.9. The van der Waals surface area contributed by atoms with Crippen molar-refractivity contribution in [2.24, 2.45) is 0 Å². The predicted octanol–water partition coefficient (Wildman–Crippen LogP) is -1.77. The Bertz CT molecular complexity index is 1520. The van der Waals surface area contributed by atoms with Gasteiger partial charge in [0, 0.05) is 17.7 Å². The van der Waals surface area contributed by atoms with Crippen molar-refractivity contribution in [3.8, 4) is 40.1 Å². The van der Waals surface area contributed by atoms with E-state index < -0.39 is 90.0 Å². The number of aromatic hydroxyl groups is 3. The summed E-state index contributed by atoms with van der Waals surface area (Å²) in [6.45, 7) is -0.943. The topological polar surface area (TPSA) is 258 Å². The summed E-state index contributed by atoms with van der Waals surface area (Å²) in [4.78, 5) is 13.6. The molecule has 0 aliphatic carbocycles. The van der Waals surface area contributed by atoms with Crippen LogP contribution in [0, 0.1) is 0 Å². The van der Waals surface area contributed by atoms with Crippen LogP contribution in [0.3, 0.4) is 0 Å². The van der Waals surface area contributed by atoms with Crippen molar-refractivity contribution < 1.29 is 74.1 Å². The average molecular weight is 611 g/mol. The maximum Gasteiger partial charge on any atom is 0.239 e. The van der Waals surface area contributed by atoms with E-state index in [1.54, 1.807) is 0 Å². The molecule has 2 saturated heterocycles. The van der Waals surface area contributed by atoms with Gasteiger partial charge in [-0.05, 0) is 18.2 Å². The van der Waals surface area contributed by atoms with Crippen molar-refractivity contribution in [3.63, 3.8) is 0 Å². The van der Waals surface area contributed by atoms with Gasteiger partial charge in [0.15, 0.2) is 23.5 Å². The van der Waals surface area contributed by atoms with Crippen LogP contribution in [-0.2, 0) is 14.2 Å². The molecule has 0 spiro atoms. The molecule has 16 nitrogen and oxygen atoms in total. The van der Waals surface area contributed by atoms with Crippen LogP contribution in [0.4, 0.5) is 0 Å². The highest BCUT2D eigenvalue weighted by molar-refractivity contribution is 5.88. The van der Waals surface area contributed by atoms with Crippen molar-refractivity contribution in [1.29, 1.82) is 0 Å². The first-order valence-electron chi connectivity index (χ1n) is 12.9. The molecule has 1 unspecified atom stereocenters. The molecule has 3 aromatic rings. The number of phenolic OH excluding ortho intramolecular Hbond substituents is 3. The van der Waals surface area contributed by atoms with Crippen LogP contribution in [0.15, 0.2) is 39.5 Å². The van der Waals surface area contributed by atoms with Crippen molar-refractivity contribution in [3.05, 3.63) is 40.6 Å². The van der Waals surface area contributed by atoms with Gasteiger partial charge < -0.3 is 74.1 Å². The van der Waals surface area contributed by atoms with Crippen LogP contribution in [0.2, 0.25) is 0 Å². The minimum absolute atomic E-state index is 0.0144. The molecular weight excluding hydrogens is 580 g/mol. The Hall–Kier alpha value is -3.71. The molecule has 234 valence electrons. The van der Waals surface area contributed by atoms with E-state index in [1.807, 2.05) is 0 Å². The van der Waals surface area contributed by atoms with Crippen molar-refractivity contribution >= 4 is 11.0 Å². The Morgan fingerprint density at radius 1 is 0.860 bits per heavy atom. The van der Waals surface area contributed by atoms with Gasteiger partial charge in [-0.3, -0.25) is 4.79 Å². The Morgan fingerprint density at radius 2 is 1.58 bits per heavy atom. The summed E-state index contributed by atoms with van der Waals surface area (Å²) in [6, 6.07) is 5.83. The van der Waals surface area contributed by atoms with Crippen LogP contribution < -0.4 is 14.9 Å². The molecule has 2 aromatic carbocycles. The summed E-state index contributed by atoms with van der Waals surface area (Å²) < 4.78 is 32.9. The molecule has 2 aliphatic heterocycles. The summed E-state index contributed by atoms with van der Waals surface area (Å²) in [5, 5.41) is 91.3. The summed E-state index contributed by atoms with van der Waals surface area (Å²) in [5.41, 5.74) is -1.11. The Morgan fingerprint density at radius 3 is 2.30 bits per heavy atom. The number of hydrogen-bond donors (Lipinski definition) is 9. The Balaban J connectivity index is 1.49. The average Bonchev–Trinajstić information content (AvgIpc) is 2.97. The second-order valence-corrected chi connectivity index (χ2v) is 10.0. The lowest BCUT2D eigenvalue weighted by atomic mass is 9.99. The summed E-state index contributed by atoms with van der Waals surface area (Å²) in [5.74, 6) is -2.27. The van der Waals surface area contributed by atoms with Gasteiger partial charge in [-0.25, -0.2) is 0 Å². The molecule has 16 heteroatoms. The molecule has 2 aliphatic rings. The van der Waals surface area contributed by atoms with Crippen LogP contribution in [0.25, 0.3) is 22.3 Å². The summed E-state index contributed by atoms with van der Waals surface area (Å²) in [7, 11) is 1.28. The van der Waals surface area contributed by atoms with Crippen LogP contribution in [-0.4, -0.2) is 122 Å². The Labute approximate surface area is 241 Å². The molecule has 1 aromatic heterocycles. The number of benzene rings is 2. The minimum Gasteiger partial charge on any atom is -0.508 e. The molecule has 9 N–H and O–H groups in total. The number of phenols is 3. The molecule has 0 bridgehead atoms. The fourth-order valence-corrected chi connectivity index (χ4v) is 4.77. The maximum atomic E-state index is 13.6. The lowest BCUT2D eigenvalue weighted by Gasteiger charge is -2.41. The van der Waals surface area contributed by atoms with Gasteiger partial charge in [0.25, 0.3) is 0 Å². The van der Waals surface area contributed by atoms with Gasteiger partial charge in [-0.1, -0.05) is 0 Å². The number of fused-ring (bicyclic) bond motifs is 1. The third-order valence-electron chi connectivity index (χ3n) is 7.14. The largest absolute Gasteiger partial charge is 0.508 e. The molecule has 43 heavy (non-hydrogen) atoms. The van der Waals surface area contributed by atoms with E-state index in [0.29, 0.717) is 0 Å². The SMILES string of the molecule is COc1cc(-c2oc3cc(O)cc(O)c3c(=O)c2O[C@@H]2O[C@H](COC3OC[C@@H](O)[C@H](O)[C@H]3O)[C@@H](O)[C@H](O)[C@H]2O)ccc1O. The molecule has 5 rings (SSSR count). The molecule has 0 radical (unpaired) electrons. The van der Waals surface area contributed by atoms with Gasteiger partial charge in [0.1, 0.15) is 65.2 Å². The molecule has 2 fully saturated rings. The first-order chi connectivity index (χ1) is 20.4. The van der Waals surface area contributed by atoms with E-state index in [2.05, 4.69) is 0 Å². The second-order valence-electron chi connectivity index (χ2n) is 10.0. The minimum atomic E-state index is -1.94. The number of methoxy groups -OCH3 is 1. The fourth-order valence-electron chi connectivity index (χ4n) is 4.77. The zero-order valence-corrected chi connectivity index (χ0v) is 22.4. The number of aliphatic hydroxyl groups is 6. The van der Waals surface area contributed by atoms with Crippen molar-refractivity contribution in [2.45, 2.75) is 55.3 Å². The van der Waals surface area contributed by atoms with E-state index in [4.69, 9.17) is 28.1 Å². The van der Waals surface area contributed by atoms with E-state index in [-0.39, 0.29) is 35.0 Å². The van der Waals surface area contributed by atoms with Gasteiger partial charge in [0.05, 0.1) is 20.3 Å². The lowest BCUT2D eigenvalue weighted by Crippen LogP contribution is -2.61. The fraction of sp³-hybridized carbons (Fsp3) is 0.444. The van der Waals surface area contributed by atoms with Crippen molar-refractivity contribution in [2.75, 3.05) is 20.3 Å². The monoisotopic (exact) mass is 610 g/mol. The van der Waals surface area contributed by atoms with E-state index >= 15 is 0 Å². The number of aliphatic hydroxyl groups excluding tert-OH is 6. The third-order valence-corrected chi connectivity index (χ3v) is 7.14. The Kier molecular flexibility index (Phi) is 8.66.